The first-order chi connectivity index (χ1) is 8.83. The van der Waals surface area contributed by atoms with Crippen molar-refractivity contribution in [1.29, 1.82) is 0 Å². The number of aryl methyl sites for hydroxylation is 1. The molecule has 2 aromatic rings. The van der Waals surface area contributed by atoms with Crippen molar-refractivity contribution in [3.63, 3.8) is 0 Å². The number of nitrogens with one attached hydrogen (secondary N) is 1. The lowest BCUT2D eigenvalue weighted by Gasteiger charge is -2.35. The molecule has 0 radical (unpaired) electrons. The maximum atomic E-state index is 6.39. The molecule has 3 rings (SSSR count). The van der Waals surface area contributed by atoms with Crippen LogP contribution < -0.4 is 5.32 Å². The maximum Gasteiger partial charge on any atom is 0.162 e. The van der Waals surface area contributed by atoms with E-state index in [1.54, 1.807) is 0 Å². The maximum absolute atomic E-state index is 6.39. The third kappa shape index (κ3) is 1.71. The lowest BCUT2D eigenvalue weighted by atomic mass is 9.98. The average molecular weight is 342 g/mol. The average Bonchev–Trinajstić information content (AvgIpc) is 2.69. The number of hydrogen-bond acceptors (Lipinski definition) is 3. The van der Waals surface area contributed by atoms with Gasteiger partial charge in [0.1, 0.15) is 5.82 Å². The molecule has 0 unspecified atom stereocenters. The second-order valence-electron chi connectivity index (χ2n) is 5.35. The monoisotopic (exact) mass is 340 g/mol. The molecule has 0 aliphatic carbocycles. The molecule has 19 heavy (non-hydrogen) atoms. The van der Waals surface area contributed by atoms with Crippen molar-refractivity contribution in [1.82, 2.24) is 14.8 Å². The fourth-order valence-electron chi connectivity index (χ4n) is 2.51. The minimum absolute atomic E-state index is 0.307. The van der Waals surface area contributed by atoms with E-state index in [4.69, 9.17) is 11.6 Å². The van der Waals surface area contributed by atoms with Crippen LogP contribution in [0.1, 0.15) is 31.1 Å². The minimum atomic E-state index is -0.307. The number of rotatable bonds is 0. The smallest absolute Gasteiger partial charge is 0.162 e. The van der Waals surface area contributed by atoms with Crippen LogP contribution in [-0.2, 0) is 5.54 Å². The van der Waals surface area contributed by atoms with E-state index in [2.05, 4.69) is 56.8 Å². The highest BCUT2D eigenvalue weighted by Crippen LogP contribution is 2.44. The predicted octanol–water partition coefficient (Wildman–Crippen LogP) is 3.96. The molecule has 2 heterocycles. The molecule has 0 amide bonds. The van der Waals surface area contributed by atoms with E-state index in [1.165, 1.54) is 0 Å². The number of fused-ring (bicyclic) bond motifs is 3. The van der Waals surface area contributed by atoms with Crippen LogP contribution in [0.2, 0.25) is 5.02 Å². The molecule has 1 aromatic carbocycles. The van der Waals surface area contributed by atoms with Crippen LogP contribution in [0.4, 0.5) is 5.69 Å². The summed E-state index contributed by atoms with van der Waals surface area (Å²) < 4.78 is 3.06. The molecule has 0 atom stereocenters. The highest BCUT2D eigenvalue weighted by molar-refractivity contribution is 9.10. The van der Waals surface area contributed by atoms with Crippen LogP contribution in [-0.4, -0.2) is 14.8 Å². The van der Waals surface area contributed by atoms with Gasteiger partial charge < -0.3 is 5.32 Å². The first-order valence-corrected chi connectivity index (χ1v) is 7.19. The molecule has 0 saturated carbocycles. The Balaban J connectivity index is 2.45. The molecule has 1 N–H and O–H groups in total. The Labute approximate surface area is 125 Å². The van der Waals surface area contributed by atoms with Crippen LogP contribution in [0.5, 0.6) is 0 Å². The van der Waals surface area contributed by atoms with Crippen molar-refractivity contribution in [2.75, 3.05) is 5.32 Å². The summed E-state index contributed by atoms with van der Waals surface area (Å²) >= 11 is 9.94. The van der Waals surface area contributed by atoms with Gasteiger partial charge in [-0.15, -0.1) is 10.2 Å². The molecule has 1 aromatic heterocycles. The summed E-state index contributed by atoms with van der Waals surface area (Å²) in [7, 11) is 0. The van der Waals surface area contributed by atoms with E-state index >= 15 is 0 Å². The molecular formula is C13H14BrClN4. The molecule has 0 spiro atoms. The fourth-order valence-corrected chi connectivity index (χ4v) is 3.30. The van der Waals surface area contributed by atoms with Crippen LogP contribution in [0.3, 0.4) is 0 Å². The van der Waals surface area contributed by atoms with E-state index in [0.717, 1.165) is 33.1 Å². The summed E-state index contributed by atoms with van der Waals surface area (Å²) in [5.74, 6) is 1.76. The zero-order valence-electron chi connectivity index (χ0n) is 11.2. The van der Waals surface area contributed by atoms with Gasteiger partial charge in [0.2, 0.25) is 0 Å². The van der Waals surface area contributed by atoms with Crippen molar-refractivity contribution < 1.29 is 0 Å². The lowest BCUT2D eigenvalue weighted by Crippen LogP contribution is -2.36. The first kappa shape index (κ1) is 12.9. The number of benzene rings is 1. The Bertz CT molecular complexity index is 690. The third-order valence-electron chi connectivity index (χ3n) is 3.49. The normalized spacial score (nSPS) is 15.7. The molecule has 0 saturated heterocycles. The second kappa shape index (κ2) is 3.96. The van der Waals surface area contributed by atoms with E-state index in [1.807, 2.05) is 13.0 Å². The van der Waals surface area contributed by atoms with Crippen LogP contribution in [0.15, 0.2) is 10.5 Å². The highest BCUT2D eigenvalue weighted by Gasteiger charge is 2.36. The van der Waals surface area contributed by atoms with Crippen LogP contribution >= 0.6 is 27.5 Å². The van der Waals surface area contributed by atoms with Gasteiger partial charge >= 0.3 is 0 Å². The van der Waals surface area contributed by atoms with Crippen molar-refractivity contribution in [2.24, 2.45) is 0 Å². The number of anilines is 1. The van der Waals surface area contributed by atoms with Gasteiger partial charge in [0, 0.05) is 4.47 Å². The highest BCUT2D eigenvalue weighted by atomic mass is 79.9. The summed E-state index contributed by atoms with van der Waals surface area (Å²) in [5, 5.41) is 12.7. The SMILES string of the molecule is Cc1c(Br)cc(Cl)c2c1-n1c(C)nnc1C(C)(C)N2. The van der Waals surface area contributed by atoms with E-state index in [-0.39, 0.29) is 5.54 Å². The van der Waals surface area contributed by atoms with Crippen molar-refractivity contribution >= 4 is 33.2 Å². The van der Waals surface area contributed by atoms with Gasteiger partial charge in [-0.2, -0.15) is 0 Å². The van der Waals surface area contributed by atoms with Gasteiger partial charge in [0.25, 0.3) is 0 Å². The van der Waals surface area contributed by atoms with Crippen molar-refractivity contribution in [2.45, 2.75) is 33.2 Å². The third-order valence-corrected chi connectivity index (χ3v) is 4.61. The van der Waals surface area contributed by atoms with Gasteiger partial charge in [-0.25, -0.2) is 0 Å². The molecule has 6 heteroatoms. The Morgan fingerprint density at radius 1 is 1.32 bits per heavy atom. The van der Waals surface area contributed by atoms with Crippen LogP contribution in [0.25, 0.3) is 5.69 Å². The van der Waals surface area contributed by atoms with Gasteiger partial charge in [-0.3, -0.25) is 4.57 Å². The van der Waals surface area contributed by atoms with Crippen molar-refractivity contribution in [3.05, 3.63) is 32.8 Å². The van der Waals surface area contributed by atoms with Crippen molar-refractivity contribution in [3.8, 4) is 5.69 Å². The topological polar surface area (TPSA) is 42.7 Å². The molecular weight excluding hydrogens is 328 g/mol. The quantitative estimate of drug-likeness (QED) is 0.788. The summed E-state index contributed by atoms with van der Waals surface area (Å²) in [4.78, 5) is 0. The summed E-state index contributed by atoms with van der Waals surface area (Å²) in [5.41, 5.74) is 2.77. The van der Waals surface area contributed by atoms with Gasteiger partial charge in [-0.05, 0) is 39.3 Å². The Hall–Kier alpha value is -1.07. The summed E-state index contributed by atoms with van der Waals surface area (Å²) in [6.07, 6.45) is 0. The zero-order chi connectivity index (χ0) is 13.9. The standard InChI is InChI=1S/C13H14BrClN4/c1-6-8(14)5-9(15)10-11(6)19-7(2)17-18-12(19)13(3,4)16-10/h5,16H,1-4H3. The van der Waals surface area contributed by atoms with Gasteiger partial charge in [0.15, 0.2) is 5.82 Å². The summed E-state index contributed by atoms with van der Waals surface area (Å²) in [6.45, 7) is 8.16. The second-order valence-corrected chi connectivity index (χ2v) is 6.61. The van der Waals surface area contributed by atoms with Gasteiger partial charge in [0.05, 0.1) is 21.9 Å². The van der Waals surface area contributed by atoms with Crippen LogP contribution in [0, 0.1) is 13.8 Å². The van der Waals surface area contributed by atoms with E-state index < -0.39 is 0 Å². The van der Waals surface area contributed by atoms with Gasteiger partial charge in [-0.1, -0.05) is 27.5 Å². The predicted molar refractivity (Wildman–Crippen MR) is 80.2 cm³/mol. The Morgan fingerprint density at radius 3 is 2.68 bits per heavy atom. The molecule has 4 nitrogen and oxygen atoms in total. The lowest BCUT2D eigenvalue weighted by molar-refractivity contribution is 0.534. The Kier molecular flexibility index (Phi) is 2.70. The minimum Gasteiger partial charge on any atom is -0.370 e. The zero-order valence-corrected chi connectivity index (χ0v) is 13.5. The van der Waals surface area contributed by atoms with E-state index in [0.29, 0.717) is 5.02 Å². The molecule has 0 bridgehead atoms. The fraction of sp³-hybridized carbons (Fsp3) is 0.385. The number of halogens is 2. The number of nitrogens with zero attached hydrogens (tertiary/aromatic N) is 3. The summed E-state index contributed by atoms with van der Waals surface area (Å²) in [6, 6.07) is 1.92. The molecule has 0 fully saturated rings. The molecule has 1 aliphatic rings. The number of aromatic nitrogens is 3. The Morgan fingerprint density at radius 2 is 2.00 bits per heavy atom. The largest absolute Gasteiger partial charge is 0.370 e. The molecule has 1 aliphatic heterocycles. The first-order valence-electron chi connectivity index (χ1n) is 6.02. The van der Waals surface area contributed by atoms with E-state index in [9.17, 15) is 0 Å². The number of hydrogen-bond donors (Lipinski definition) is 1. The molecule has 100 valence electrons.